The third-order valence-electron chi connectivity index (χ3n) is 5.74. The number of nitrogens with zero attached hydrogens (tertiary/aromatic N) is 3. The van der Waals surface area contributed by atoms with Crippen molar-refractivity contribution in [2.75, 3.05) is 39.3 Å². The van der Waals surface area contributed by atoms with Crippen molar-refractivity contribution in [2.45, 2.75) is 19.5 Å². The van der Waals surface area contributed by atoms with Crippen LogP contribution < -0.4 is 0 Å². The number of rotatable bonds is 4. The van der Waals surface area contributed by atoms with Crippen LogP contribution in [0.15, 0.2) is 42.5 Å². The smallest absolute Gasteiger partial charge is 0.236 e. The fourth-order valence-electron chi connectivity index (χ4n) is 4.04. The summed E-state index contributed by atoms with van der Waals surface area (Å²) in [6.45, 7) is 5.54. The van der Waals surface area contributed by atoms with Crippen molar-refractivity contribution in [3.63, 3.8) is 0 Å². The first-order valence-electron chi connectivity index (χ1n) is 9.82. The minimum atomic E-state index is -0.267. The molecule has 0 N–H and O–H groups in total. The molecule has 2 aliphatic rings. The van der Waals surface area contributed by atoms with Gasteiger partial charge >= 0.3 is 0 Å². The van der Waals surface area contributed by atoms with Gasteiger partial charge < -0.3 is 4.90 Å². The van der Waals surface area contributed by atoms with E-state index in [0.717, 1.165) is 32.6 Å². The monoisotopic (exact) mass is 401 g/mol. The van der Waals surface area contributed by atoms with Crippen LogP contribution in [0.5, 0.6) is 0 Å². The summed E-state index contributed by atoms with van der Waals surface area (Å²) < 4.78 is 14.0. The second kappa shape index (κ2) is 8.60. The first-order chi connectivity index (χ1) is 13.6. The predicted molar refractivity (Wildman–Crippen MR) is 109 cm³/mol. The largest absolute Gasteiger partial charge is 0.339 e. The molecule has 148 valence electrons. The predicted octanol–water partition coefficient (Wildman–Crippen LogP) is 3.18. The van der Waals surface area contributed by atoms with Crippen molar-refractivity contribution >= 4 is 17.5 Å². The van der Waals surface area contributed by atoms with E-state index in [1.54, 1.807) is 12.1 Å². The molecule has 1 saturated heterocycles. The molecule has 4 nitrogen and oxygen atoms in total. The molecule has 1 amide bonds. The van der Waals surface area contributed by atoms with Gasteiger partial charge in [0.1, 0.15) is 5.82 Å². The average Bonchev–Trinajstić information content (AvgIpc) is 2.71. The third-order valence-corrected chi connectivity index (χ3v) is 6.09. The molecule has 2 aliphatic heterocycles. The van der Waals surface area contributed by atoms with E-state index >= 15 is 0 Å². The Bertz CT molecular complexity index is 831. The molecule has 0 radical (unpaired) electrons. The first kappa shape index (κ1) is 19.4. The molecule has 0 unspecified atom stereocenters. The fourth-order valence-corrected chi connectivity index (χ4v) is 4.27. The summed E-state index contributed by atoms with van der Waals surface area (Å²) in [6.07, 6.45) is 1.00. The third kappa shape index (κ3) is 4.37. The standard InChI is InChI=1S/C22H25ClFN3O/c23-20-6-3-7-21(24)19(20)15-25-10-12-27(13-11-25)22(28)16-26-9-8-17-4-1-2-5-18(17)14-26/h1-7H,8-16H2. The summed E-state index contributed by atoms with van der Waals surface area (Å²) in [6, 6.07) is 13.2. The van der Waals surface area contributed by atoms with Gasteiger partial charge in [0, 0.05) is 56.4 Å². The fraction of sp³-hybridized carbons (Fsp3) is 0.409. The maximum absolute atomic E-state index is 14.0. The number of hydrogen-bond donors (Lipinski definition) is 0. The van der Waals surface area contributed by atoms with E-state index in [1.165, 1.54) is 17.2 Å². The number of halogens is 2. The molecule has 2 heterocycles. The lowest BCUT2D eigenvalue weighted by atomic mass is 10.00. The molecule has 0 atom stereocenters. The van der Waals surface area contributed by atoms with Gasteiger partial charge in [0.15, 0.2) is 0 Å². The van der Waals surface area contributed by atoms with E-state index < -0.39 is 0 Å². The zero-order chi connectivity index (χ0) is 19.5. The van der Waals surface area contributed by atoms with E-state index in [0.29, 0.717) is 36.8 Å². The first-order valence-corrected chi connectivity index (χ1v) is 10.2. The van der Waals surface area contributed by atoms with Gasteiger partial charge in [-0.15, -0.1) is 0 Å². The molecule has 0 aliphatic carbocycles. The van der Waals surface area contributed by atoms with Gasteiger partial charge in [-0.25, -0.2) is 4.39 Å². The molecule has 28 heavy (non-hydrogen) atoms. The van der Waals surface area contributed by atoms with E-state index in [-0.39, 0.29) is 11.7 Å². The Balaban J connectivity index is 1.28. The molecule has 2 aromatic rings. The summed E-state index contributed by atoms with van der Waals surface area (Å²) in [5.74, 6) is -0.0839. The lowest BCUT2D eigenvalue weighted by Crippen LogP contribution is -2.51. The molecule has 0 spiro atoms. The highest BCUT2D eigenvalue weighted by Crippen LogP contribution is 2.22. The number of carbonyl (C=O) groups is 1. The maximum Gasteiger partial charge on any atom is 0.236 e. The Hall–Kier alpha value is -1.95. The normalized spacial score (nSPS) is 18.1. The van der Waals surface area contributed by atoms with Crippen LogP contribution in [0.3, 0.4) is 0 Å². The SMILES string of the molecule is O=C(CN1CCc2ccccc2C1)N1CCN(Cc2c(F)cccc2Cl)CC1. The minimum Gasteiger partial charge on any atom is -0.339 e. The summed E-state index contributed by atoms with van der Waals surface area (Å²) in [7, 11) is 0. The highest BCUT2D eigenvalue weighted by molar-refractivity contribution is 6.31. The topological polar surface area (TPSA) is 26.8 Å². The van der Waals surface area contributed by atoms with Crippen LogP contribution >= 0.6 is 11.6 Å². The van der Waals surface area contributed by atoms with E-state index in [1.807, 2.05) is 4.90 Å². The molecule has 0 saturated carbocycles. The lowest BCUT2D eigenvalue weighted by Gasteiger charge is -2.36. The Labute approximate surface area is 170 Å². The molecule has 0 bridgehead atoms. The Kier molecular flexibility index (Phi) is 5.95. The van der Waals surface area contributed by atoms with Crippen LogP contribution in [-0.4, -0.2) is 59.9 Å². The van der Waals surface area contributed by atoms with Gasteiger partial charge in [0.25, 0.3) is 0 Å². The number of piperazine rings is 1. The maximum atomic E-state index is 14.0. The lowest BCUT2D eigenvalue weighted by molar-refractivity contribution is -0.134. The molecule has 4 rings (SSSR count). The van der Waals surface area contributed by atoms with E-state index in [4.69, 9.17) is 11.6 Å². The number of amides is 1. The van der Waals surface area contributed by atoms with Gasteiger partial charge in [0.05, 0.1) is 6.54 Å². The number of carbonyl (C=O) groups excluding carboxylic acids is 1. The quantitative estimate of drug-likeness (QED) is 0.787. The van der Waals surface area contributed by atoms with Crippen molar-refractivity contribution in [2.24, 2.45) is 0 Å². The highest BCUT2D eigenvalue weighted by Gasteiger charge is 2.25. The van der Waals surface area contributed by atoms with Crippen molar-refractivity contribution in [1.29, 1.82) is 0 Å². The van der Waals surface area contributed by atoms with Crippen molar-refractivity contribution in [3.8, 4) is 0 Å². The summed E-state index contributed by atoms with van der Waals surface area (Å²) in [4.78, 5) is 19.1. The molecular weight excluding hydrogens is 377 g/mol. The number of fused-ring (bicyclic) bond motifs is 1. The average molecular weight is 402 g/mol. The number of hydrogen-bond acceptors (Lipinski definition) is 3. The summed E-state index contributed by atoms with van der Waals surface area (Å²) in [5, 5.41) is 0.462. The van der Waals surface area contributed by atoms with Gasteiger partial charge in [0.2, 0.25) is 5.91 Å². The zero-order valence-electron chi connectivity index (χ0n) is 15.9. The molecule has 0 aromatic heterocycles. The van der Waals surface area contributed by atoms with Gasteiger partial charge in [-0.1, -0.05) is 41.9 Å². The van der Waals surface area contributed by atoms with Gasteiger partial charge in [-0.2, -0.15) is 0 Å². The summed E-state index contributed by atoms with van der Waals surface area (Å²) >= 11 is 6.14. The molecular formula is C22H25ClFN3O. The second-order valence-corrected chi connectivity index (χ2v) is 7.99. The van der Waals surface area contributed by atoms with Crippen molar-refractivity contribution < 1.29 is 9.18 Å². The Morgan fingerprint density at radius 3 is 2.43 bits per heavy atom. The van der Waals surface area contributed by atoms with Gasteiger partial charge in [-0.05, 0) is 29.7 Å². The van der Waals surface area contributed by atoms with Crippen LogP contribution in [-0.2, 0) is 24.3 Å². The molecule has 2 aromatic carbocycles. The second-order valence-electron chi connectivity index (χ2n) is 7.59. The van der Waals surface area contributed by atoms with Crippen molar-refractivity contribution in [1.82, 2.24) is 14.7 Å². The highest BCUT2D eigenvalue weighted by atomic mass is 35.5. The molecule has 6 heteroatoms. The van der Waals surface area contributed by atoms with Gasteiger partial charge in [-0.3, -0.25) is 14.6 Å². The van der Waals surface area contributed by atoms with Crippen LogP contribution in [0.25, 0.3) is 0 Å². The van der Waals surface area contributed by atoms with Crippen molar-refractivity contribution in [3.05, 3.63) is 70.0 Å². The van der Waals surface area contributed by atoms with E-state index in [2.05, 4.69) is 34.1 Å². The molecule has 1 fully saturated rings. The number of benzene rings is 2. The van der Waals surface area contributed by atoms with Crippen LogP contribution in [0, 0.1) is 5.82 Å². The Morgan fingerprint density at radius 1 is 0.929 bits per heavy atom. The van der Waals surface area contributed by atoms with Crippen LogP contribution in [0.2, 0.25) is 5.02 Å². The van der Waals surface area contributed by atoms with Crippen LogP contribution in [0.4, 0.5) is 4.39 Å². The Morgan fingerprint density at radius 2 is 1.68 bits per heavy atom. The van der Waals surface area contributed by atoms with E-state index in [9.17, 15) is 9.18 Å². The zero-order valence-corrected chi connectivity index (χ0v) is 16.7. The minimum absolute atomic E-state index is 0.183. The summed E-state index contributed by atoms with van der Waals surface area (Å²) in [5.41, 5.74) is 3.26. The van der Waals surface area contributed by atoms with Crippen LogP contribution in [0.1, 0.15) is 16.7 Å².